The number of aliphatic hydroxyl groups is 1. The zero-order valence-corrected chi connectivity index (χ0v) is 8.06. The Bertz CT molecular complexity index is 397. The third-order valence-corrected chi connectivity index (χ3v) is 1.92. The van der Waals surface area contributed by atoms with Crippen LogP contribution in [0.4, 0.5) is 0 Å². The second kappa shape index (κ2) is 4.56. The quantitative estimate of drug-likeness (QED) is 0.554. The van der Waals surface area contributed by atoms with E-state index < -0.39 is 12.4 Å². The zero-order valence-electron chi connectivity index (χ0n) is 8.06. The molecule has 0 aliphatic heterocycles. The van der Waals surface area contributed by atoms with Gasteiger partial charge < -0.3 is 14.9 Å². The lowest BCUT2D eigenvalue weighted by atomic mass is 10.0. The summed E-state index contributed by atoms with van der Waals surface area (Å²) < 4.78 is 4.80. The maximum Gasteiger partial charge on any atom is 0.192 e. The predicted octanol–water partition coefficient (Wildman–Crippen LogP) is 0.388. The highest BCUT2D eigenvalue weighted by Crippen LogP contribution is 2.32. The van der Waals surface area contributed by atoms with Gasteiger partial charge in [-0.05, 0) is 12.1 Å². The summed E-state index contributed by atoms with van der Waals surface area (Å²) >= 11 is 0. The van der Waals surface area contributed by atoms with Crippen LogP contribution in [0.5, 0.6) is 11.5 Å². The number of carbonyl (C=O) groups excluding carboxylic acids is 2. The Morgan fingerprint density at radius 1 is 1.53 bits per heavy atom. The minimum Gasteiger partial charge on any atom is -0.504 e. The predicted molar refractivity (Wildman–Crippen MR) is 51.5 cm³/mol. The molecule has 1 aromatic rings. The molecule has 0 bridgehead atoms. The minimum atomic E-state index is -0.749. The van der Waals surface area contributed by atoms with Gasteiger partial charge in [0.05, 0.1) is 12.7 Å². The Kier molecular flexibility index (Phi) is 3.41. The van der Waals surface area contributed by atoms with Crippen LogP contribution in [-0.4, -0.2) is 36.0 Å². The van der Waals surface area contributed by atoms with Crippen LogP contribution >= 0.6 is 0 Å². The highest BCUT2D eigenvalue weighted by molar-refractivity contribution is 6.06. The van der Waals surface area contributed by atoms with Crippen molar-refractivity contribution in [1.29, 1.82) is 0 Å². The summed E-state index contributed by atoms with van der Waals surface area (Å²) in [5.74, 6) is -1.02. The van der Waals surface area contributed by atoms with E-state index in [1.54, 1.807) is 0 Å². The maximum absolute atomic E-state index is 11.3. The van der Waals surface area contributed by atoms with E-state index in [2.05, 4.69) is 0 Å². The Labute approximate surface area is 85.9 Å². The van der Waals surface area contributed by atoms with E-state index in [4.69, 9.17) is 9.84 Å². The first-order valence-electron chi connectivity index (χ1n) is 4.14. The molecule has 80 valence electrons. The molecule has 0 atom stereocenters. The van der Waals surface area contributed by atoms with Crippen molar-refractivity contribution in [2.45, 2.75) is 0 Å². The van der Waals surface area contributed by atoms with Gasteiger partial charge in [0.1, 0.15) is 6.61 Å². The van der Waals surface area contributed by atoms with E-state index in [0.717, 1.165) is 0 Å². The molecular formula is C10H10O5. The Hall–Kier alpha value is -1.88. The molecule has 5 nitrogen and oxygen atoms in total. The zero-order chi connectivity index (χ0) is 11.4. The average Bonchev–Trinajstić information content (AvgIpc) is 2.27. The van der Waals surface area contributed by atoms with E-state index in [0.29, 0.717) is 6.29 Å². The number of carbonyl (C=O) groups is 2. The van der Waals surface area contributed by atoms with Gasteiger partial charge in [0.2, 0.25) is 0 Å². The molecule has 0 aromatic heterocycles. The molecule has 0 unspecified atom stereocenters. The van der Waals surface area contributed by atoms with Gasteiger partial charge in [-0.3, -0.25) is 9.59 Å². The number of hydrogen-bond acceptors (Lipinski definition) is 5. The van der Waals surface area contributed by atoms with Gasteiger partial charge in [-0.2, -0.15) is 0 Å². The number of ketones is 1. The van der Waals surface area contributed by atoms with Gasteiger partial charge in [-0.25, -0.2) is 0 Å². The molecule has 0 amide bonds. The summed E-state index contributed by atoms with van der Waals surface area (Å²) in [6.45, 7) is -0.749. The van der Waals surface area contributed by atoms with Crippen LogP contribution in [0.2, 0.25) is 0 Å². The maximum atomic E-state index is 11.3. The van der Waals surface area contributed by atoms with E-state index in [-0.39, 0.29) is 22.6 Å². The molecule has 0 heterocycles. The topological polar surface area (TPSA) is 83.8 Å². The third kappa shape index (κ3) is 1.97. The fraction of sp³-hybridized carbons (Fsp3) is 0.200. The largest absolute Gasteiger partial charge is 0.504 e. The third-order valence-electron chi connectivity index (χ3n) is 1.92. The van der Waals surface area contributed by atoms with Crippen LogP contribution in [0.1, 0.15) is 20.7 Å². The molecule has 1 aromatic carbocycles. The molecule has 0 fully saturated rings. The van der Waals surface area contributed by atoms with Crippen molar-refractivity contribution in [1.82, 2.24) is 0 Å². The number of ether oxygens (including phenoxy) is 1. The Balaban J connectivity index is 3.46. The number of aliphatic hydroxyl groups excluding tert-OH is 1. The van der Waals surface area contributed by atoms with Crippen LogP contribution in [-0.2, 0) is 0 Å². The van der Waals surface area contributed by atoms with E-state index >= 15 is 0 Å². The molecule has 0 radical (unpaired) electrons. The van der Waals surface area contributed by atoms with E-state index in [1.807, 2.05) is 0 Å². The van der Waals surface area contributed by atoms with Crippen LogP contribution in [0.25, 0.3) is 0 Å². The number of methoxy groups -OCH3 is 1. The molecular weight excluding hydrogens is 200 g/mol. The number of aromatic hydroxyl groups is 1. The molecule has 0 saturated carbocycles. The SMILES string of the molecule is COc1c(O)ccc(C=O)c1C(=O)CO. The Morgan fingerprint density at radius 3 is 2.67 bits per heavy atom. The number of benzene rings is 1. The van der Waals surface area contributed by atoms with Crippen LogP contribution in [0.15, 0.2) is 12.1 Å². The summed E-state index contributed by atoms with van der Waals surface area (Å²) in [5, 5.41) is 18.1. The van der Waals surface area contributed by atoms with Gasteiger partial charge in [0, 0.05) is 5.56 Å². The first kappa shape index (κ1) is 11.2. The van der Waals surface area contributed by atoms with Crippen LogP contribution < -0.4 is 4.74 Å². The Morgan fingerprint density at radius 2 is 2.20 bits per heavy atom. The molecule has 0 saturated heterocycles. The van der Waals surface area contributed by atoms with Gasteiger partial charge in [0.25, 0.3) is 0 Å². The van der Waals surface area contributed by atoms with Crippen molar-refractivity contribution in [2.24, 2.45) is 0 Å². The fourth-order valence-corrected chi connectivity index (χ4v) is 1.26. The molecule has 2 N–H and O–H groups in total. The number of aldehydes is 1. The molecule has 0 spiro atoms. The number of phenols is 1. The summed E-state index contributed by atoms with van der Waals surface area (Å²) in [6.07, 6.45) is 0.463. The van der Waals surface area contributed by atoms with Crippen LogP contribution in [0, 0.1) is 0 Å². The normalized spacial score (nSPS) is 9.73. The number of hydrogen-bond donors (Lipinski definition) is 2. The van der Waals surface area contributed by atoms with Crippen molar-refractivity contribution >= 4 is 12.1 Å². The summed E-state index contributed by atoms with van der Waals surface area (Å²) in [7, 11) is 1.26. The first-order valence-corrected chi connectivity index (χ1v) is 4.14. The van der Waals surface area contributed by atoms with Crippen molar-refractivity contribution in [2.75, 3.05) is 13.7 Å². The lowest BCUT2D eigenvalue weighted by Gasteiger charge is -2.10. The molecule has 1 rings (SSSR count). The lowest BCUT2D eigenvalue weighted by molar-refractivity contribution is 0.0895. The summed E-state index contributed by atoms with van der Waals surface area (Å²) in [4.78, 5) is 22.0. The summed E-state index contributed by atoms with van der Waals surface area (Å²) in [5.41, 5.74) is -0.0290. The molecule has 5 heteroatoms. The van der Waals surface area contributed by atoms with Gasteiger partial charge in [0.15, 0.2) is 23.6 Å². The highest BCUT2D eigenvalue weighted by Gasteiger charge is 2.19. The van der Waals surface area contributed by atoms with Gasteiger partial charge >= 0.3 is 0 Å². The van der Waals surface area contributed by atoms with Crippen LogP contribution in [0.3, 0.4) is 0 Å². The second-order valence-corrected chi connectivity index (χ2v) is 2.78. The minimum absolute atomic E-state index is 0.0729. The first-order chi connectivity index (χ1) is 7.15. The highest BCUT2D eigenvalue weighted by atomic mass is 16.5. The molecule has 15 heavy (non-hydrogen) atoms. The summed E-state index contributed by atoms with van der Waals surface area (Å²) in [6, 6.07) is 2.53. The van der Waals surface area contributed by atoms with E-state index in [9.17, 15) is 14.7 Å². The fourth-order valence-electron chi connectivity index (χ4n) is 1.26. The van der Waals surface area contributed by atoms with Crippen molar-refractivity contribution in [3.8, 4) is 11.5 Å². The van der Waals surface area contributed by atoms with Crippen molar-refractivity contribution < 1.29 is 24.5 Å². The standard InChI is InChI=1S/C10H10O5/c1-15-10-7(13)3-2-6(4-11)9(10)8(14)5-12/h2-4,12-13H,5H2,1H3. The lowest BCUT2D eigenvalue weighted by Crippen LogP contribution is -2.10. The number of rotatable bonds is 4. The van der Waals surface area contributed by atoms with Crippen molar-refractivity contribution in [3.05, 3.63) is 23.3 Å². The molecule has 0 aliphatic rings. The number of Topliss-reactive ketones (excluding diaryl/α,β-unsaturated/α-hetero) is 1. The smallest absolute Gasteiger partial charge is 0.192 e. The second-order valence-electron chi connectivity index (χ2n) is 2.78. The van der Waals surface area contributed by atoms with Crippen molar-refractivity contribution in [3.63, 3.8) is 0 Å². The monoisotopic (exact) mass is 210 g/mol. The average molecular weight is 210 g/mol. The number of phenolic OH excluding ortho intramolecular Hbond substituents is 1. The van der Waals surface area contributed by atoms with Gasteiger partial charge in [-0.1, -0.05) is 0 Å². The van der Waals surface area contributed by atoms with E-state index in [1.165, 1.54) is 19.2 Å². The molecule has 0 aliphatic carbocycles. The van der Waals surface area contributed by atoms with Gasteiger partial charge in [-0.15, -0.1) is 0 Å².